The average Bonchev–Trinajstić information content (AvgIpc) is 2.89. The first-order valence-electron chi connectivity index (χ1n) is 6.96. The average molecular weight is 311 g/mol. The fourth-order valence-corrected chi connectivity index (χ4v) is 3.17. The first-order chi connectivity index (χ1) is 10.7. The lowest BCUT2D eigenvalue weighted by atomic mass is 10.1. The molecule has 0 fully saturated rings. The molecule has 2 aromatic carbocycles. The van der Waals surface area contributed by atoms with Crippen molar-refractivity contribution in [1.29, 1.82) is 0 Å². The van der Waals surface area contributed by atoms with E-state index in [9.17, 15) is 0 Å². The topological polar surface area (TPSA) is 38.9 Å². The van der Waals surface area contributed by atoms with Crippen LogP contribution in [0.15, 0.2) is 58.7 Å². The molecule has 0 aliphatic heterocycles. The van der Waals surface area contributed by atoms with Crippen LogP contribution in [0.4, 0.5) is 0 Å². The molecular formula is C17H17N3OS. The van der Waals surface area contributed by atoms with Crippen molar-refractivity contribution in [3.05, 3.63) is 58.9 Å². The second-order valence-corrected chi connectivity index (χ2v) is 5.94. The molecule has 22 heavy (non-hydrogen) atoms. The van der Waals surface area contributed by atoms with Crippen LogP contribution in [0.1, 0.15) is 12.5 Å². The third kappa shape index (κ3) is 2.80. The highest BCUT2D eigenvalue weighted by Gasteiger charge is 2.02. The monoisotopic (exact) mass is 311 g/mol. The molecule has 0 bridgehead atoms. The van der Waals surface area contributed by atoms with Crippen molar-refractivity contribution in [2.75, 3.05) is 7.11 Å². The van der Waals surface area contributed by atoms with Crippen molar-refractivity contribution in [1.82, 2.24) is 4.57 Å². The van der Waals surface area contributed by atoms with Gasteiger partial charge in [0, 0.05) is 12.6 Å². The van der Waals surface area contributed by atoms with E-state index in [1.807, 2.05) is 50.4 Å². The minimum atomic E-state index is 0.819. The van der Waals surface area contributed by atoms with Crippen molar-refractivity contribution in [3.8, 4) is 5.75 Å². The van der Waals surface area contributed by atoms with Gasteiger partial charge in [0.15, 0.2) is 0 Å². The van der Waals surface area contributed by atoms with Gasteiger partial charge in [-0.05, 0) is 31.2 Å². The molecule has 0 saturated heterocycles. The van der Waals surface area contributed by atoms with Gasteiger partial charge in [0.25, 0.3) is 0 Å². The molecule has 0 aliphatic rings. The number of aromatic nitrogens is 1. The first kappa shape index (κ1) is 14.5. The van der Waals surface area contributed by atoms with Crippen LogP contribution < -0.4 is 9.54 Å². The third-order valence-electron chi connectivity index (χ3n) is 3.49. The van der Waals surface area contributed by atoms with E-state index in [2.05, 4.69) is 26.9 Å². The number of rotatable bonds is 3. The van der Waals surface area contributed by atoms with Crippen LogP contribution in [0.5, 0.6) is 5.75 Å². The van der Waals surface area contributed by atoms with Gasteiger partial charge in [0.1, 0.15) is 5.75 Å². The number of hydrogen-bond acceptors (Lipinski definition) is 4. The number of hydrogen-bond donors (Lipinski definition) is 0. The lowest BCUT2D eigenvalue weighted by Gasteiger charge is -2.02. The Morgan fingerprint density at radius 3 is 2.73 bits per heavy atom. The van der Waals surface area contributed by atoms with Gasteiger partial charge in [-0.3, -0.25) is 0 Å². The smallest absolute Gasteiger partial charge is 0.211 e. The number of nitrogens with zero attached hydrogens (tertiary/aromatic N) is 3. The zero-order chi connectivity index (χ0) is 15.5. The molecule has 0 unspecified atom stereocenters. The van der Waals surface area contributed by atoms with Crippen LogP contribution in [0.2, 0.25) is 0 Å². The highest BCUT2D eigenvalue weighted by atomic mass is 32.1. The van der Waals surface area contributed by atoms with Gasteiger partial charge in [-0.15, -0.1) is 5.10 Å². The second-order valence-electron chi connectivity index (χ2n) is 4.93. The molecule has 1 heterocycles. The molecule has 1 aromatic heterocycles. The molecule has 0 saturated carbocycles. The SMILES string of the molecule is COc1cccc(/C(C)=N\N=c2/sc3ccccc3n2C)c1. The molecule has 3 rings (SSSR count). The maximum absolute atomic E-state index is 5.24. The lowest BCUT2D eigenvalue weighted by molar-refractivity contribution is 0.414. The Morgan fingerprint density at radius 2 is 1.95 bits per heavy atom. The third-order valence-corrected chi connectivity index (χ3v) is 4.59. The highest BCUT2D eigenvalue weighted by molar-refractivity contribution is 7.16. The van der Waals surface area contributed by atoms with Gasteiger partial charge in [0.2, 0.25) is 4.80 Å². The molecule has 4 nitrogen and oxygen atoms in total. The Labute approximate surface area is 133 Å². The molecule has 0 atom stereocenters. The molecule has 0 aliphatic carbocycles. The van der Waals surface area contributed by atoms with Crippen LogP contribution in [0.25, 0.3) is 10.2 Å². The first-order valence-corrected chi connectivity index (χ1v) is 7.78. The number of para-hydroxylation sites is 1. The molecular weight excluding hydrogens is 294 g/mol. The van der Waals surface area contributed by atoms with E-state index in [1.165, 1.54) is 10.2 Å². The van der Waals surface area contributed by atoms with Crippen LogP contribution in [-0.2, 0) is 7.05 Å². The molecule has 0 radical (unpaired) electrons. The van der Waals surface area contributed by atoms with Crippen molar-refractivity contribution in [2.24, 2.45) is 17.3 Å². The number of ether oxygens (including phenoxy) is 1. The van der Waals surface area contributed by atoms with Crippen molar-refractivity contribution in [2.45, 2.75) is 6.92 Å². The van der Waals surface area contributed by atoms with Crippen LogP contribution in [0.3, 0.4) is 0 Å². The van der Waals surface area contributed by atoms with Crippen LogP contribution in [-0.4, -0.2) is 17.4 Å². The molecule has 0 N–H and O–H groups in total. The molecule has 112 valence electrons. The molecule has 0 spiro atoms. The van der Waals surface area contributed by atoms with Crippen molar-refractivity contribution < 1.29 is 4.74 Å². The van der Waals surface area contributed by atoms with E-state index < -0.39 is 0 Å². The summed E-state index contributed by atoms with van der Waals surface area (Å²) in [6.45, 7) is 1.95. The van der Waals surface area contributed by atoms with E-state index in [1.54, 1.807) is 18.4 Å². The fourth-order valence-electron chi connectivity index (χ4n) is 2.20. The number of benzene rings is 2. The highest BCUT2D eigenvalue weighted by Crippen LogP contribution is 2.16. The molecule has 3 aromatic rings. The Hall–Kier alpha value is -2.40. The summed E-state index contributed by atoms with van der Waals surface area (Å²) in [5.41, 5.74) is 3.03. The van der Waals surface area contributed by atoms with Crippen molar-refractivity contribution >= 4 is 27.3 Å². The largest absolute Gasteiger partial charge is 0.497 e. The fraction of sp³-hybridized carbons (Fsp3) is 0.176. The number of methoxy groups -OCH3 is 1. The Bertz CT molecular complexity index is 905. The zero-order valence-corrected chi connectivity index (χ0v) is 13.6. The van der Waals surface area contributed by atoms with E-state index in [4.69, 9.17) is 4.74 Å². The number of fused-ring (bicyclic) bond motifs is 1. The van der Waals surface area contributed by atoms with E-state index in [0.717, 1.165) is 21.8 Å². The van der Waals surface area contributed by atoms with E-state index in [0.29, 0.717) is 0 Å². The summed E-state index contributed by atoms with van der Waals surface area (Å²) in [7, 11) is 3.67. The van der Waals surface area contributed by atoms with Gasteiger partial charge in [0.05, 0.1) is 23.0 Å². The minimum Gasteiger partial charge on any atom is -0.497 e. The van der Waals surface area contributed by atoms with Gasteiger partial charge in [-0.2, -0.15) is 5.10 Å². The molecule has 0 amide bonds. The maximum atomic E-state index is 5.24. The van der Waals surface area contributed by atoms with E-state index in [-0.39, 0.29) is 0 Å². The van der Waals surface area contributed by atoms with Crippen LogP contribution >= 0.6 is 11.3 Å². The number of aryl methyl sites for hydroxylation is 1. The summed E-state index contributed by atoms with van der Waals surface area (Å²) < 4.78 is 8.50. The van der Waals surface area contributed by atoms with Gasteiger partial charge < -0.3 is 9.30 Å². The second kappa shape index (κ2) is 6.15. The summed E-state index contributed by atoms with van der Waals surface area (Å²) in [4.78, 5) is 0.878. The van der Waals surface area contributed by atoms with E-state index >= 15 is 0 Å². The summed E-state index contributed by atoms with van der Waals surface area (Å²) in [5.74, 6) is 0.819. The molecule has 5 heteroatoms. The van der Waals surface area contributed by atoms with Gasteiger partial charge in [-0.1, -0.05) is 35.6 Å². The summed E-state index contributed by atoms with van der Waals surface area (Å²) in [5, 5.41) is 8.78. The quantitative estimate of drug-likeness (QED) is 0.538. The summed E-state index contributed by atoms with van der Waals surface area (Å²) in [6.07, 6.45) is 0. The number of thiazole rings is 1. The standard InChI is InChI=1S/C17H17N3OS/c1-12(13-7-6-8-14(11-13)21-3)18-19-17-20(2)15-9-4-5-10-16(15)22-17/h4-11H,1-3H3/b18-12-,19-17-. The predicted molar refractivity (Wildman–Crippen MR) is 91.6 cm³/mol. The van der Waals surface area contributed by atoms with Crippen molar-refractivity contribution in [3.63, 3.8) is 0 Å². The van der Waals surface area contributed by atoms with Crippen LogP contribution in [0, 0.1) is 0 Å². The minimum absolute atomic E-state index is 0.819. The normalized spacial score (nSPS) is 12.9. The lowest BCUT2D eigenvalue weighted by Crippen LogP contribution is -2.09. The Balaban J connectivity index is 2.01. The summed E-state index contributed by atoms with van der Waals surface area (Å²) in [6, 6.07) is 16.1. The van der Waals surface area contributed by atoms with Gasteiger partial charge >= 0.3 is 0 Å². The zero-order valence-electron chi connectivity index (χ0n) is 12.8. The van der Waals surface area contributed by atoms with Gasteiger partial charge in [-0.25, -0.2) is 0 Å². The predicted octanol–water partition coefficient (Wildman–Crippen LogP) is 3.57. The Kier molecular flexibility index (Phi) is 4.06. The Morgan fingerprint density at radius 1 is 1.14 bits per heavy atom. The summed E-state index contributed by atoms with van der Waals surface area (Å²) >= 11 is 1.63. The maximum Gasteiger partial charge on any atom is 0.211 e.